The summed E-state index contributed by atoms with van der Waals surface area (Å²) in [6, 6.07) is 12.2. The van der Waals surface area contributed by atoms with Gasteiger partial charge in [-0.15, -0.1) is 0 Å². The van der Waals surface area contributed by atoms with Crippen molar-refractivity contribution >= 4 is 5.69 Å². The second-order valence-electron chi connectivity index (χ2n) is 8.11. The first-order valence-electron chi connectivity index (χ1n) is 10.5. The smallest absolute Gasteiger partial charge is 0.184 e. The van der Waals surface area contributed by atoms with Gasteiger partial charge < -0.3 is 25.2 Å². The predicted molar refractivity (Wildman–Crippen MR) is 117 cm³/mol. The molecule has 0 aromatic heterocycles. The maximum absolute atomic E-state index is 10.5. The van der Waals surface area contributed by atoms with Crippen LogP contribution in [0.4, 0.5) is 5.69 Å². The van der Waals surface area contributed by atoms with Gasteiger partial charge >= 0.3 is 0 Å². The maximum Gasteiger partial charge on any atom is 0.184 e. The van der Waals surface area contributed by atoms with E-state index < -0.39 is 0 Å². The van der Waals surface area contributed by atoms with Gasteiger partial charge in [-0.25, -0.2) is 0 Å². The number of anilines is 1. The van der Waals surface area contributed by atoms with Gasteiger partial charge in [0.15, 0.2) is 11.5 Å². The molecule has 1 aliphatic heterocycles. The van der Waals surface area contributed by atoms with E-state index in [1.807, 2.05) is 24.3 Å². The summed E-state index contributed by atoms with van der Waals surface area (Å²) in [6.45, 7) is 7.68. The SMILES string of the molecule is CCCN1CCC(O)C(Cc2cc(N)c(OCc3cccc(C)c3)c(OC)c2)C1. The summed E-state index contributed by atoms with van der Waals surface area (Å²) in [5.74, 6) is 1.43. The van der Waals surface area contributed by atoms with Crippen molar-refractivity contribution in [2.75, 3.05) is 32.5 Å². The highest BCUT2D eigenvalue weighted by atomic mass is 16.5. The molecule has 0 amide bonds. The van der Waals surface area contributed by atoms with Crippen LogP contribution in [0.3, 0.4) is 0 Å². The molecule has 1 aliphatic rings. The minimum Gasteiger partial charge on any atom is -0.493 e. The molecule has 0 aliphatic carbocycles. The molecule has 5 heteroatoms. The second-order valence-corrected chi connectivity index (χ2v) is 8.11. The molecule has 0 spiro atoms. The van der Waals surface area contributed by atoms with E-state index in [9.17, 15) is 5.11 Å². The normalized spacial score (nSPS) is 19.9. The van der Waals surface area contributed by atoms with Gasteiger partial charge in [0.05, 0.1) is 18.9 Å². The minimum absolute atomic E-state index is 0.207. The molecule has 2 unspecified atom stereocenters. The van der Waals surface area contributed by atoms with E-state index in [-0.39, 0.29) is 12.0 Å². The van der Waals surface area contributed by atoms with Crippen LogP contribution in [0.25, 0.3) is 0 Å². The van der Waals surface area contributed by atoms with Crippen LogP contribution in [0.15, 0.2) is 36.4 Å². The van der Waals surface area contributed by atoms with Gasteiger partial charge in [-0.05, 0) is 56.0 Å². The van der Waals surface area contributed by atoms with Gasteiger partial charge in [0.2, 0.25) is 0 Å². The quantitative estimate of drug-likeness (QED) is 0.662. The molecule has 2 aromatic carbocycles. The fourth-order valence-electron chi connectivity index (χ4n) is 4.18. The van der Waals surface area contributed by atoms with Gasteiger partial charge in [-0.1, -0.05) is 36.8 Å². The van der Waals surface area contributed by atoms with Crippen LogP contribution in [-0.2, 0) is 13.0 Å². The lowest BCUT2D eigenvalue weighted by Gasteiger charge is -2.36. The Balaban J connectivity index is 1.72. The molecule has 3 N–H and O–H groups in total. The zero-order valence-corrected chi connectivity index (χ0v) is 17.9. The molecular formula is C24H34N2O3. The molecule has 0 bridgehead atoms. The highest BCUT2D eigenvalue weighted by Gasteiger charge is 2.28. The Labute approximate surface area is 174 Å². The number of aryl methyl sites for hydroxylation is 1. The molecule has 0 saturated carbocycles. The van der Waals surface area contributed by atoms with Gasteiger partial charge in [0, 0.05) is 19.0 Å². The monoisotopic (exact) mass is 398 g/mol. The van der Waals surface area contributed by atoms with Gasteiger partial charge in [0.25, 0.3) is 0 Å². The van der Waals surface area contributed by atoms with E-state index in [1.165, 1.54) is 5.56 Å². The van der Waals surface area contributed by atoms with E-state index in [1.54, 1.807) is 7.11 Å². The zero-order valence-electron chi connectivity index (χ0n) is 17.9. The van der Waals surface area contributed by atoms with Crippen LogP contribution in [0, 0.1) is 12.8 Å². The number of nitrogens with zero attached hydrogens (tertiary/aromatic N) is 1. The molecule has 2 aromatic rings. The molecule has 3 rings (SSSR count). The number of aliphatic hydroxyl groups is 1. The van der Waals surface area contributed by atoms with Crippen molar-refractivity contribution in [3.63, 3.8) is 0 Å². The Hall–Kier alpha value is -2.24. The number of aliphatic hydroxyl groups excluding tert-OH is 1. The Morgan fingerprint density at radius 1 is 1.21 bits per heavy atom. The molecule has 5 nitrogen and oxygen atoms in total. The van der Waals surface area contributed by atoms with Crippen molar-refractivity contribution in [2.24, 2.45) is 5.92 Å². The van der Waals surface area contributed by atoms with Crippen LogP contribution in [-0.4, -0.2) is 42.9 Å². The van der Waals surface area contributed by atoms with Crippen molar-refractivity contribution < 1.29 is 14.6 Å². The number of piperidine rings is 1. The summed E-state index contributed by atoms with van der Waals surface area (Å²) in [6.07, 6.45) is 2.47. The number of hydrogen-bond donors (Lipinski definition) is 2. The third-order valence-corrected chi connectivity index (χ3v) is 5.64. The molecule has 1 fully saturated rings. The number of hydrogen-bond acceptors (Lipinski definition) is 5. The number of nitrogen functional groups attached to an aromatic ring is 1. The summed E-state index contributed by atoms with van der Waals surface area (Å²) in [5, 5.41) is 10.5. The average Bonchev–Trinajstić information content (AvgIpc) is 2.69. The molecule has 2 atom stereocenters. The van der Waals surface area contributed by atoms with Crippen molar-refractivity contribution in [2.45, 2.75) is 45.8 Å². The molecule has 1 heterocycles. The van der Waals surface area contributed by atoms with Crippen molar-refractivity contribution in [3.8, 4) is 11.5 Å². The summed E-state index contributed by atoms with van der Waals surface area (Å²) in [4.78, 5) is 2.44. The first kappa shape index (κ1) is 21.5. The van der Waals surface area contributed by atoms with E-state index in [4.69, 9.17) is 15.2 Å². The number of benzene rings is 2. The van der Waals surface area contributed by atoms with E-state index in [0.29, 0.717) is 23.8 Å². The zero-order chi connectivity index (χ0) is 20.8. The molecule has 158 valence electrons. The number of ether oxygens (including phenoxy) is 2. The number of rotatable bonds is 8. The van der Waals surface area contributed by atoms with E-state index in [2.05, 4.69) is 30.9 Å². The highest BCUT2D eigenvalue weighted by molar-refractivity contribution is 5.62. The van der Waals surface area contributed by atoms with Crippen LogP contribution in [0.5, 0.6) is 11.5 Å². The third-order valence-electron chi connectivity index (χ3n) is 5.64. The molecular weight excluding hydrogens is 364 g/mol. The van der Waals surface area contributed by atoms with Crippen molar-refractivity contribution in [1.82, 2.24) is 4.90 Å². The topological polar surface area (TPSA) is 68.0 Å². The average molecular weight is 399 g/mol. The largest absolute Gasteiger partial charge is 0.493 e. The van der Waals surface area contributed by atoms with Crippen molar-refractivity contribution in [3.05, 3.63) is 53.1 Å². The lowest BCUT2D eigenvalue weighted by Crippen LogP contribution is -2.44. The van der Waals surface area contributed by atoms with Crippen molar-refractivity contribution in [1.29, 1.82) is 0 Å². The first-order valence-corrected chi connectivity index (χ1v) is 10.5. The summed E-state index contributed by atoms with van der Waals surface area (Å²) in [7, 11) is 1.64. The molecule has 0 radical (unpaired) electrons. The number of nitrogens with two attached hydrogens (primary N) is 1. The lowest BCUT2D eigenvalue weighted by molar-refractivity contribution is 0.0270. The van der Waals surface area contributed by atoms with Crippen LogP contribution in [0.1, 0.15) is 36.5 Å². The molecule has 29 heavy (non-hydrogen) atoms. The van der Waals surface area contributed by atoms with Gasteiger partial charge in [-0.2, -0.15) is 0 Å². The lowest BCUT2D eigenvalue weighted by atomic mass is 9.88. The van der Waals surface area contributed by atoms with Crippen LogP contribution in [0.2, 0.25) is 0 Å². The Morgan fingerprint density at radius 2 is 2.03 bits per heavy atom. The number of methoxy groups -OCH3 is 1. The standard InChI is InChI=1S/C24H34N2O3/c1-4-9-26-10-8-22(27)20(15-26)12-19-13-21(25)24(23(14-19)28-3)29-16-18-7-5-6-17(2)11-18/h5-7,11,13-14,20,22,27H,4,8-10,12,15-16,25H2,1-3H3. The van der Waals surface area contributed by atoms with Gasteiger partial charge in [0.1, 0.15) is 6.61 Å². The maximum atomic E-state index is 10.5. The second kappa shape index (κ2) is 9.99. The number of likely N-dealkylation sites (tertiary alicyclic amines) is 1. The van der Waals surface area contributed by atoms with E-state index in [0.717, 1.165) is 50.0 Å². The van der Waals surface area contributed by atoms with E-state index >= 15 is 0 Å². The third kappa shape index (κ3) is 5.64. The predicted octanol–water partition coefficient (Wildman–Crippen LogP) is 3.80. The molecule has 1 saturated heterocycles. The minimum atomic E-state index is -0.271. The highest BCUT2D eigenvalue weighted by Crippen LogP contribution is 2.37. The summed E-state index contributed by atoms with van der Waals surface area (Å²) >= 11 is 0. The summed E-state index contributed by atoms with van der Waals surface area (Å²) < 4.78 is 11.6. The van der Waals surface area contributed by atoms with Crippen LogP contribution < -0.4 is 15.2 Å². The Bertz CT molecular complexity index is 809. The van der Waals surface area contributed by atoms with Crippen LogP contribution >= 0.6 is 0 Å². The Morgan fingerprint density at radius 3 is 2.76 bits per heavy atom. The summed E-state index contributed by atoms with van der Waals surface area (Å²) in [5.41, 5.74) is 10.3. The Kier molecular flexibility index (Phi) is 7.40. The fraction of sp³-hybridized carbons (Fsp3) is 0.500. The first-order chi connectivity index (χ1) is 14.0. The van der Waals surface area contributed by atoms with Gasteiger partial charge in [-0.3, -0.25) is 0 Å². The fourth-order valence-corrected chi connectivity index (χ4v) is 4.18.